The topological polar surface area (TPSA) is 38.7 Å². The zero-order valence-corrected chi connectivity index (χ0v) is 12.7. The number of nitrogens with zero attached hydrogens (tertiary/aromatic N) is 1. The van der Waals surface area contributed by atoms with E-state index in [-0.39, 0.29) is 0 Å². The van der Waals surface area contributed by atoms with Crippen LogP contribution in [-0.4, -0.2) is 11.9 Å². The van der Waals surface area contributed by atoms with Gasteiger partial charge in [-0.2, -0.15) is 0 Å². The molecule has 0 radical (unpaired) electrons. The smallest absolute Gasteiger partial charge is 0.363 e. The number of aliphatic imine (C=N–C) groups is 1. The molecule has 1 aliphatic heterocycles. The molecular formula is C17H15NO2S. The van der Waals surface area contributed by atoms with E-state index in [9.17, 15) is 4.79 Å². The van der Waals surface area contributed by atoms with Gasteiger partial charge in [0.25, 0.3) is 0 Å². The highest BCUT2D eigenvalue weighted by Crippen LogP contribution is 2.22. The Balaban J connectivity index is 1.88. The molecule has 1 aromatic carbocycles. The summed E-state index contributed by atoms with van der Waals surface area (Å²) in [6.07, 6.45) is 1.75. The van der Waals surface area contributed by atoms with Crippen molar-refractivity contribution in [2.45, 2.75) is 19.8 Å². The van der Waals surface area contributed by atoms with E-state index in [4.69, 9.17) is 4.74 Å². The van der Waals surface area contributed by atoms with Crippen LogP contribution in [-0.2, 0) is 9.53 Å². The normalized spacial score (nSPS) is 16.4. The Morgan fingerprint density at radius 3 is 2.57 bits per heavy atom. The molecule has 0 spiro atoms. The van der Waals surface area contributed by atoms with E-state index in [0.717, 1.165) is 10.4 Å². The highest BCUT2D eigenvalue weighted by atomic mass is 32.1. The van der Waals surface area contributed by atoms with E-state index < -0.39 is 5.97 Å². The lowest BCUT2D eigenvalue weighted by Crippen LogP contribution is -2.05. The number of benzene rings is 1. The maximum Gasteiger partial charge on any atom is 0.363 e. The summed E-state index contributed by atoms with van der Waals surface area (Å²) in [5.74, 6) is 0.450. The molecule has 3 rings (SSSR count). The van der Waals surface area contributed by atoms with Gasteiger partial charge in [0.15, 0.2) is 5.70 Å². The zero-order valence-electron chi connectivity index (χ0n) is 11.9. The molecule has 0 saturated carbocycles. The first-order valence-corrected chi connectivity index (χ1v) is 7.68. The fraction of sp³-hybridized carbons (Fsp3) is 0.176. The van der Waals surface area contributed by atoms with Crippen LogP contribution in [0.1, 0.15) is 35.8 Å². The van der Waals surface area contributed by atoms with Crippen molar-refractivity contribution in [3.8, 4) is 0 Å². The molecule has 0 bridgehead atoms. The summed E-state index contributed by atoms with van der Waals surface area (Å²) in [7, 11) is 0. The second-order valence-electron chi connectivity index (χ2n) is 5.13. The first-order valence-electron chi connectivity index (χ1n) is 6.80. The van der Waals surface area contributed by atoms with Gasteiger partial charge in [-0.05, 0) is 41.1 Å². The van der Waals surface area contributed by atoms with Gasteiger partial charge >= 0.3 is 5.97 Å². The first-order chi connectivity index (χ1) is 10.1. The maximum atomic E-state index is 11.9. The summed E-state index contributed by atoms with van der Waals surface area (Å²) >= 11 is 1.56. The highest BCUT2D eigenvalue weighted by Gasteiger charge is 2.24. The predicted octanol–water partition coefficient (Wildman–Crippen LogP) is 4.22. The molecule has 0 N–H and O–H groups in total. The van der Waals surface area contributed by atoms with E-state index >= 15 is 0 Å². The Morgan fingerprint density at radius 2 is 1.95 bits per heavy atom. The number of cyclic esters (lactones) is 1. The number of hydrogen-bond acceptors (Lipinski definition) is 4. The monoisotopic (exact) mass is 297 g/mol. The number of carbonyl (C=O) groups excluding carboxylic acids is 1. The lowest BCUT2D eigenvalue weighted by molar-refractivity contribution is -0.129. The van der Waals surface area contributed by atoms with Crippen LogP contribution in [0.5, 0.6) is 0 Å². The second-order valence-corrected chi connectivity index (χ2v) is 6.11. The molecule has 2 heterocycles. The van der Waals surface area contributed by atoms with Crippen LogP contribution >= 0.6 is 11.3 Å². The number of rotatable bonds is 3. The van der Waals surface area contributed by atoms with Crippen LogP contribution < -0.4 is 0 Å². The Labute approximate surface area is 127 Å². The Hall–Kier alpha value is -2.20. The van der Waals surface area contributed by atoms with Crippen molar-refractivity contribution < 1.29 is 9.53 Å². The highest BCUT2D eigenvalue weighted by molar-refractivity contribution is 7.10. The number of esters is 1. The summed E-state index contributed by atoms with van der Waals surface area (Å²) < 4.78 is 5.26. The van der Waals surface area contributed by atoms with Gasteiger partial charge in [-0.25, -0.2) is 9.79 Å². The lowest BCUT2D eigenvalue weighted by Gasteiger charge is -2.05. The van der Waals surface area contributed by atoms with Crippen LogP contribution in [0.15, 0.2) is 52.5 Å². The molecule has 3 nitrogen and oxygen atoms in total. The van der Waals surface area contributed by atoms with Gasteiger partial charge in [0, 0.05) is 10.4 Å². The lowest BCUT2D eigenvalue weighted by atomic mass is 10.0. The average Bonchev–Trinajstić information content (AvgIpc) is 3.10. The molecule has 106 valence electrons. The molecule has 0 amide bonds. The number of thiophene rings is 1. The van der Waals surface area contributed by atoms with Crippen LogP contribution in [0.2, 0.25) is 0 Å². The maximum absolute atomic E-state index is 11.9. The summed E-state index contributed by atoms with van der Waals surface area (Å²) in [6, 6.07) is 11.8. The van der Waals surface area contributed by atoms with Gasteiger partial charge in [-0.15, -0.1) is 11.3 Å². The van der Waals surface area contributed by atoms with Crippen LogP contribution in [0.3, 0.4) is 0 Å². The largest absolute Gasteiger partial charge is 0.402 e. The molecule has 0 aliphatic carbocycles. The summed E-state index contributed by atoms with van der Waals surface area (Å²) in [5.41, 5.74) is 2.42. The average molecular weight is 297 g/mol. The van der Waals surface area contributed by atoms with Crippen LogP contribution in [0.25, 0.3) is 6.08 Å². The third kappa shape index (κ3) is 2.95. The number of carbonyl (C=O) groups is 1. The number of hydrogen-bond donors (Lipinski definition) is 0. The molecule has 21 heavy (non-hydrogen) atoms. The Kier molecular flexibility index (Phi) is 3.71. The van der Waals surface area contributed by atoms with Crippen LogP contribution in [0.4, 0.5) is 0 Å². The van der Waals surface area contributed by atoms with Crippen molar-refractivity contribution in [2.24, 2.45) is 4.99 Å². The minimum absolute atomic E-state index is 0.348. The van der Waals surface area contributed by atoms with Gasteiger partial charge in [-0.1, -0.05) is 32.0 Å². The molecule has 4 heteroatoms. The minimum Gasteiger partial charge on any atom is -0.402 e. The van der Waals surface area contributed by atoms with Crippen molar-refractivity contribution >= 4 is 29.3 Å². The fourth-order valence-corrected chi connectivity index (χ4v) is 2.70. The molecule has 0 saturated heterocycles. The number of ether oxygens (including phenoxy) is 1. The third-order valence-electron chi connectivity index (χ3n) is 3.27. The molecule has 1 aliphatic rings. The summed E-state index contributed by atoms with van der Waals surface area (Å²) in [5, 5.41) is 1.96. The Morgan fingerprint density at radius 1 is 1.19 bits per heavy atom. The van der Waals surface area contributed by atoms with Crippen LogP contribution in [0, 0.1) is 0 Å². The van der Waals surface area contributed by atoms with Gasteiger partial charge in [0.1, 0.15) is 0 Å². The quantitative estimate of drug-likeness (QED) is 0.628. The van der Waals surface area contributed by atoms with E-state index in [1.807, 2.05) is 41.8 Å². The van der Waals surface area contributed by atoms with Gasteiger partial charge in [0.05, 0.1) is 0 Å². The SMILES string of the molecule is CC(C)c1ccc(C2=N/C(=C/c3cccs3)C(=O)O2)cc1. The van der Waals surface area contributed by atoms with E-state index in [2.05, 4.69) is 18.8 Å². The summed E-state index contributed by atoms with van der Waals surface area (Å²) in [6.45, 7) is 4.29. The molecular weight excluding hydrogens is 282 g/mol. The molecule has 1 aromatic heterocycles. The van der Waals surface area contributed by atoms with Crippen molar-refractivity contribution in [1.82, 2.24) is 0 Å². The molecule has 0 fully saturated rings. The standard InChI is InChI=1S/C17H15NO2S/c1-11(2)12-5-7-13(8-6-12)16-18-15(17(19)20-16)10-14-4-3-9-21-14/h3-11H,1-2H3/b15-10+. The van der Waals surface area contributed by atoms with Gasteiger partial charge < -0.3 is 4.74 Å². The third-order valence-corrected chi connectivity index (χ3v) is 4.09. The molecule has 0 atom stereocenters. The van der Waals surface area contributed by atoms with Gasteiger partial charge in [0.2, 0.25) is 5.90 Å². The fourth-order valence-electron chi connectivity index (χ4n) is 2.05. The predicted molar refractivity (Wildman–Crippen MR) is 85.5 cm³/mol. The second kappa shape index (κ2) is 5.66. The molecule has 2 aromatic rings. The zero-order chi connectivity index (χ0) is 14.8. The van der Waals surface area contributed by atoms with Crippen molar-refractivity contribution in [3.63, 3.8) is 0 Å². The first kappa shape index (κ1) is 13.8. The van der Waals surface area contributed by atoms with Gasteiger partial charge in [-0.3, -0.25) is 0 Å². The van der Waals surface area contributed by atoms with E-state index in [0.29, 0.717) is 17.5 Å². The van der Waals surface area contributed by atoms with Crippen molar-refractivity contribution in [2.75, 3.05) is 0 Å². The Bertz CT molecular complexity index is 710. The van der Waals surface area contributed by atoms with Crippen molar-refractivity contribution in [3.05, 3.63) is 63.5 Å². The minimum atomic E-state index is -0.397. The van der Waals surface area contributed by atoms with E-state index in [1.165, 1.54) is 5.56 Å². The van der Waals surface area contributed by atoms with E-state index in [1.54, 1.807) is 17.4 Å². The molecule has 0 unspecified atom stereocenters. The summed E-state index contributed by atoms with van der Waals surface area (Å²) in [4.78, 5) is 17.1. The van der Waals surface area contributed by atoms with Crippen molar-refractivity contribution in [1.29, 1.82) is 0 Å².